The molecule has 2 N–H and O–H groups in total. The van der Waals surface area contributed by atoms with Crippen LogP contribution in [0, 0.1) is 35.5 Å². The van der Waals surface area contributed by atoms with E-state index in [9.17, 15) is 10.2 Å². The van der Waals surface area contributed by atoms with E-state index in [1.165, 1.54) is 12.8 Å². The molecule has 3 aliphatic rings. The minimum absolute atomic E-state index is 0.457. The van der Waals surface area contributed by atoms with Gasteiger partial charge in [-0.05, 0) is 67.6 Å². The van der Waals surface area contributed by atoms with Crippen LogP contribution in [-0.4, -0.2) is 22.4 Å². The topological polar surface area (TPSA) is 40.5 Å². The lowest BCUT2D eigenvalue weighted by molar-refractivity contribution is -0.0433. The molecule has 0 aromatic heterocycles. The molecule has 2 nitrogen and oxygen atoms in total. The van der Waals surface area contributed by atoms with Gasteiger partial charge in [0.15, 0.2) is 0 Å². The van der Waals surface area contributed by atoms with Crippen LogP contribution in [0.5, 0.6) is 0 Å². The largest absolute Gasteiger partial charge is 0.390 e. The summed E-state index contributed by atoms with van der Waals surface area (Å²) in [6, 6.07) is 0. The van der Waals surface area contributed by atoms with Gasteiger partial charge >= 0.3 is 0 Å². The van der Waals surface area contributed by atoms with Gasteiger partial charge in [0.1, 0.15) is 0 Å². The molecule has 3 fully saturated rings. The van der Waals surface area contributed by atoms with Crippen molar-refractivity contribution in [2.45, 2.75) is 58.2 Å². The van der Waals surface area contributed by atoms with Crippen molar-refractivity contribution < 1.29 is 10.2 Å². The lowest BCUT2D eigenvalue weighted by atomic mass is 9.67. The molecule has 0 heterocycles. The van der Waals surface area contributed by atoms with Crippen LogP contribution in [0.1, 0.15) is 46.0 Å². The Hall–Kier alpha value is -0.0800. The molecule has 98 valence electrons. The molecule has 3 rings (SSSR count). The van der Waals surface area contributed by atoms with E-state index in [1.807, 2.05) is 0 Å². The van der Waals surface area contributed by atoms with Crippen molar-refractivity contribution in [3.8, 4) is 0 Å². The van der Waals surface area contributed by atoms with Gasteiger partial charge in [0, 0.05) is 0 Å². The molecule has 0 radical (unpaired) electrons. The van der Waals surface area contributed by atoms with Crippen molar-refractivity contribution in [2.75, 3.05) is 0 Å². The predicted molar refractivity (Wildman–Crippen MR) is 67.4 cm³/mol. The molecule has 8 atom stereocenters. The zero-order valence-corrected chi connectivity index (χ0v) is 11.0. The maximum absolute atomic E-state index is 9.85. The molecule has 0 aromatic rings. The smallest absolute Gasteiger partial charge is 0.0801 e. The van der Waals surface area contributed by atoms with Gasteiger partial charge in [-0.1, -0.05) is 13.8 Å². The van der Waals surface area contributed by atoms with Gasteiger partial charge in [-0.2, -0.15) is 0 Å². The molecular formula is C15H26O2. The number of aliphatic hydroxyl groups is 2. The summed E-state index contributed by atoms with van der Waals surface area (Å²) in [5.74, 6) is 5.16. The minimum atomic E-state index is -0.458. The van der Waals surface area contributed by atoms with Crippen LogP contribution in [0.2, 0.25) is 0 Å². The Morgan fingerprint density at radius 2 is 1.41 bits per heavy atom. The average Bonchev–Trinajstić information content (AvgIpc) is 2.84. The zero-order valence-electron chi connectivity index (χ0n) is 11.0. The first-order valence-electron chi connectivity index (χ1n) is 7.44. The minimum Gasteiger partial charge on any atom is -0.390 e. The lowest BCUT2D eigenvalue weighted by Gasteiger charge is -2.40. The van der Waals surface area contributed by atoms with Crippen LogP contribution in [-0.2, 0) is 0 Å². The number of hydrogen-bond acceptors (Lipinski definition) is 2. The second-order valence-electron chi connectivity index (χ2n) is 6.99. The van der Waals surface area contributed by atoms with Gasteiger partial charge in [-0.25, -0.2) is 0 Å². The summed E-state index contributed by atoms with van der Waals surface area (Å²) in [6.07, 6.45) is 4.69. The molecule has 0 aromatic carbocycles. The molecule has 0 saturated heterocycles. The van der Waals surface area contributed by atoms with Crippen LogP contribution in [0.15, 0.2) is 0 Å². The van der Waals surface area contributed by atoms with Crippen molar-refractivity contribution in [2.24, 2.45) is 35.5 Å². The Balaban J connectivity index is 1.67. The fourth-order valence-electron chi connectivity index (χ4n) is 5.09. The predicted octanol–water partition coefficient (Wildman–Crippen LogP) is 2.44. The fourth-order valence-corrected chi connectivity index (χ4v) is 5.09. The molecule has 0 amide bonds. The highest BCUT2D eigenvalue weighted by molar-refractivity contribution is 5.00. The molecule has 2 heteroatoms. The van der Waals surface area contributed by atoms with Gasteiger partial charge in [0.2, 0.25) is 0 Å². The third kappa shape index (κ3) is 1.84. The van der Waals surface area contributed by atoms with E-state index in [0.29, 0.717) is 5.92 Å². The maximum atomic E-state index is 9.85. The van der Waals surface area contributed by atoms with Crippen LogP contribution in [0.25, 0.3) is 0 Å². The number of hydrogen-bond donors (Lipinski definition) is 2. The van der Waals surface area contributed by atoms with Gasteiger partial charge in [-0.15, -0.1) is 0 Å². The van der Waals surface area contributed by atoms with E-state index in [0.717, 1.165) is 48.9 Å². The molecule has 3 aliphatic carbocycles. The Kier molecular flexibility index (Phi) is 2.99. The lowest BCUT2D eigenvalue weighted by Crippen LogP contribution is -2.39. The van der Waals surface area contributed by atoms with E-state index >= 15 is 0 Å². The van der Waals surface area contributed by atoms with Crippen molar-refractivity contribution in [1.82, 2.24) is 0 Å². The Morgan fingerprint density at radius 1 is 0.706 bits per heavy atom. The third-order valence-corrected chi connectivity index (χ3v) is 6.38. The fraction of sp³-hybridized carbons (Fsp3) is 1.00. The van der Waals surface area contributed by atoms with E-state index in [2.05, 4.69) is 13.8 Å². The van der Waals surface area contributed by atoms with E-state index in [-0.39, 0.29) is 0 Å². The maximum Gasteiger partial charge on any atom is 0.0801 e. The average molecular weight is 238 g/mol. The second-order valence-corrected chi connectivity index (χ2v) is 6.99. The van der Waals surface area contributed by atoms with E-state index < -0.39 is 12.2 Å². The summed E-state index contributed by atoms with van der Waals surface area (Å²) in [5.41, 5.74) is 0. The molecule has 2 bridgehead atoms. The number of rotatable bonds is 1. The second kappa shape index (κ2) is 4.24. The van der Waals surface area contributed by atoms with Gasteiger partial charge in [-0.3, -0.25) is 0 Å². The van der Waals surface area contributed by atoms with Crippen molar-refractivity contribution >= 4 is 0 Å². The van der Waals surface area contributed by atoms with E-state index in [1.54, 1.807) is 0 Å². The normalized spacial score (nSPS) is 58.6. The Morgan fingerprint density at radius 3 is 2.00 bits per heavy atom. The standard InChI is InChI=1S/C15H26O2/c1-8-9(2)12-5-11(8)6-13(12)10-3-4-14(16)15(17)7-10/h8-17H,3-7H2,1-2H3. The molecule has 17 heavy (non-hydrogen) atoms. The quantitative estimate of drug-likeness (QED) is 0.736. The Bertz CT molecular complexity index is 289. The number of aliphatic hydroxyl groups excluding tert-OH is 2. The van der Waals surface area contributed by atoms with Crippen LogP contribution in [0.3, 0.4) is 0 Å². The number of fused-ring (bicyclic) bond motifs is 2. The molecule has 3 saturated carbocycles. The highest BCUT2D eigenvalue weighted by Gasteiger charge is 2.51. The van der Waals surface area contributed by atoms with Crippen molar-refractivity contribution in [3.63, 3.8) is 0 Å². The third-order valence-electron chi connectivity index (χ3n) is 6.38. The van der Waals surface area contributed by atoms with E-state index in [4.69, 9.17) is 0 Å². The summed E-state index contributed by atoms with van der Waals surface area (Å²) in [5, 5.41) is 19.5. The SMILES string of the molecule is CC1C2CC(C3CCC(O)C(O)C3)C(C2)C1C. The summed E-state index contributed by atoms with van der Waals surface area (Å²) in [4.78, 5) is 0. The van der Waals surface area contributed by atoms with Gasteiger partial charge in [0.05, 0.1) is 12.2 Å². The molecular weight excluding hydrogens is 212 g/mol. The highest BCUT2D eigenvalue weighted by Crippen LogP contribution is 2.58. The zero-order chi connectivity index (χ0) is 12.2. The van der Waals surface area contributed by atoms with Crippen molar-refractivity contribution in [3.05, 3.63) is 0 Å². The molecule has 0 aliphatic heterocycles. The summed E-state index contributed by atoms with van der Waals surface area (Å²) >= 11 is 0. The first-order valence-corrected chi connectivity index (χ1v) is 7.44. The first-order chi connectivity index (χ1) is 8.08. The summed E-state index contributed by atoms with van der Waals surface area (Å²) in [7, 11) is 0. The Labute approximate surface area is 104 Å². The monoisotopic (exact) mass is 238 g/mol. The summed E-state index contributed by atoms with van der Waals surface area (Å²) < 4.78 is 0. The van der Waals surface area contributed by atoms with Crippen molar-refractivity contribution in [1.29, 1.82) is 0 Å². The van der Waals surface area contributed by atoms with Crippen LogP contribution < -0.4 is 0 Å². The molecule has 0 spiro atoms. The van der Waals surface area contributed by atoms with Gasteiger partial charge < -0.3 is 10.2 Å². The molecule has 8 unspecified atom stereocenters. The van der Waals surface area contributed by atoms with Gasteiger partial charge in [0.25, 0.3) is 0 Å². The van der Waals surface area contributed by atoms with Crippen LogP contribution in [0.4, 0.5) is 0 Å². The highest BCUT2D eigenvalue weighted by atomic mass is 16.3. The first kappa shape index (κ1) is 12.0. The van der Waals surface area contributed by atoms with Crippen LogP contribution >= 0.6 is 0 Å². The summed E-state index contributed by atoms with van der Waals surface area (Å²) in [6.45, 7) is 4.85.